The van der Waals surface area contributed by atoms with Gasteiger partial charge < -0.3 is 4.57 Å². The van der Waals surface area contributed by atoms with Gasteiger partial charge in [0.25, 0.3) is 0 Å². The first-order chi connectivity index (χ1) is 5.27. The van der Waals surface area contributed by atoms with Crippen molar-refractivity contribution in [2.75, 3.05) is 0 Å². The SMILES string of the molecule is Cn1cnc2cnc(F)nc21. The average Bonchev–Trinajstić information content (AvgIpc) is 2.33. The van der Waals surface area contributed by atoms with Gasteiger partial charge in [-0.05, 0) is 0 Å². The highest BCUT2D eigenvalue weighted by molar-refractivity contribution is 5.68. The molecule has 2 rings (SSSR count). The predicted molar refractivity (Wildman–Crippen MR) is 36.3 cm³/mol. The van der Waals surface area contributed by atoms with Gasteiger partial charge in [-0.15, -0.1) is 0 Å². The Morgan fingerprint density at radius 2 is 2.27 bits per heavy atom. The minimum atomic E-state index is -0.721. The molecule has 4 nitrogen and oxygen atoms in total. The van der Waals surface area contributed by atoms with Crippen LogP contribution in [0.5, 0.6) is 0 Å². The molecule has 11 heavy (non-hydrogen) atoms. The van der Waals surface area contributed by atoms with Crippen LogP contribution < -0.4 is 0 Å². The van der Waals surface area contributed by atoms with Crippen LogP contribution in [0.4, 0.5) is 4.39 Å². The molecule has 0 spiro atoms. The highest BCUT2D eigenvalue weighted by Crippen LogP contribution is 2.05. The van der Waals surface area contributed by atoms with Crippen LogP contribution in [0, 0.1) is 6.08 Å². The van der Waals surface area contributed by atoms with Crippen LogP contribution in [-0.2, 0) is 7.05 Å². The molecule has 0 aliphatic heterocycles. The summed E-state index contributed by atoms with van der Waals surface area (Å²) < 4.78 is 14.1. The van der Waals surface area contributed by atoms with E-state index in [1.807, 2.05) is 0 Å². The second-order valence-corrected chi connectivity index (χ2v) is 2.20. The zero-order valence-corrected chi connectivity index (χ0v) is 5.82. The maximum absolute atomic E-state index is 12.4. The van der Waals surface area contributed by atoms with Gasteiger partial charge in [-0.2, -0.15) is 9.37 Å². The lowest BCUT2D eigenvalue weighted by atomic mass is 10.6. The molecule has 2 heterocycles. The predicted octanol–water partition coefficient (Wildman–Crippen LogP) is 0.502. The number of imidazole rings is 1. The van der Waals surface area contributed by atoms with Crippen LogP contribution in [-0.4, -0.2) is 19.5 Å². The molecule has 0 aliphatic rings. The van der Waals surface area contributed by atoms with Gasteiger partial charge in [0.2, 0.25) is 0 Å². The summed E-state index contributed by atoms with van der Waals surface area (Å²) in [6.45, 7) is 0. The molecule has 0 N–H and O–H groups in total. The number of aryl methyl sites for hydroxylation is 1. The van der Waals surface area contributed by atoms with Crippen molar-refractivity contribution in [1.82, 2.24) is 19.5 Å². The molecule has 0 fully saturated rings. The quantitative estimate of drug-likeness (QED) is 0.516. The van der Waals surface area contributed by atoms with Gasteiger partial charge in [0.15, 0.2) is 5.65 Å². The minimum absolute atomic E-state index is 0.512. The molecule has 0 saturated carbocycles. The third-order valence-corrected chi connectivity index (χ3v) is 1.42. The normalized spacial score (nSPS) is 10.7. The molecule has 2 aromatic heterocycles. The van der Waals surface area contributed by atoms with Gasteiger partial charge in [0.1, 0.15) is 5.52 Å². The van der Waals surface area contributed by atoms with E-state index in [9.17, 15) is 4.39 Å². The van der Waals surface area contributed by atoms with Gasteiger partial charge in [0, 0.05) is 7.05 Å². The second-order valence-electron chi connectivity index (χ2n) is 2.20. The Bertz CT molecular complexity index is 394. The third-order valence-electron chi connectivity index (χ3n) is 1.42. The molecule has 0 aromatic carbocycles. The van der Waals surface area contributed by atoms with Crippen LogP contribution in [0.25, 0.3) is 11.2 Å². The lowest BCUT2D eigenvalue weighted by Crippen LogP contribution is -1.92. The number of fused-ring (bicyclic) bond motifs is 1. The highest BCUT2D eigenvalue weighted by atomic mass is 19.1. The monoisotopic (exact) mass is 152 g/mol. The van der Waals surface area contributed by atoms with E-state index in [4.69, 9.17) is 0 Å². The van der Waals surface area contributed by atoms with Gasteiger partial charge in [0.05, 0.1) is 12.5 Å². The van der Waals surface area contributed by atoms with E-state index in [0.717, 1.165) is 0 Å². The van der Waals surface area contributed by atoms with Crippen molar-refractivity contribution in [1.29, 1.82) is 0 Å². The molecular weight excluding hydrogens is 147 g/mol. The van der Waals surface area contributed by atoms with Crippen molar-refractivity contribution in [2.24, 2.45) is 7.05 Å². The van der Waals surface area contributed by atoms with Gasteiger partial charge in [-0.3, -0.25) is 0 Å². The van der Waals surface area contributed by atoms with E-state index >= 15 is 0 Å². The van der Waals surface area contributed by atoms with Crippen LogP contribution >= 0.6 is 0 Å². The highest BCUT2D eigenvalue weighted by Gasteiger charge is 2.01. The number of hydrogen-bond donors (Lipinski definition) is 0. The fourth-order valence-corrected chi connectivity index (χ4v) is 0.900. The Labute approximate surface area is 61.7 Å². The van der Waals surface area contributed by atoms with E-state index < -0.39 is 6.08 Å². The fourth-order valence-electron chi connectivity index (χ4n) is 0.900. The lowest BCUT2D eigenvalue weighted by molar-refractivity contribution is 0.542. The Morgan fingerprint density at radius 3 is 3.09 bits per heavy atom. The van der Waals surface area contributed by atoms with Crippen LogP contribution in [0.2, 0.25) is 0 Å². The first-order valence-electron chi connectivity index (χ1n) is 3.07. The van der Waals surface area contributed by atoms with Crippen molar-refractivity contribution in [2.45, 2.75) is 0 Å². The molecule has 56 valence electrons. The standard InChI is InChI=1S/C6H5FN4/c1-11-3-9-4-2-8-6(7)10-5(4)11/h2-3H,1H3. The zero-order valence-electron chi connectivity index (χ0n) is 5.82. The molecule has 0 aliphatic carbocycles. The maximum atomic E-state index is 12.4. The summed E-state index contributed by atoms with van der Waals surface area (Å²) in [7, 11) is 1.75. The summed E-state index contributed by atoms with van der Waals surface area (Å²) >= 11 is 0. The largest absolute Gasteiger partial charge is 0.318 e. The summed E-state index contributed by atoms with van der Waals surface area (Å²) in [6, 6.07) is 0. The first kappa shape index (κ1) is 6.21. The maximum Gasteiger partial charge on any atom is 0.310 e. The van der Waals surface area contributed by atoms with Gasteiger partial charge in [-0.25, -0.2) is 9.97 Å². The van der Waals surface area contributed by atoms with E-state index in [1.54, 1.807) is 17.9 Å². The van der Waals surface area contributed by atoms with Crippen LogP contribution in [0.1, 0.15) is 0 Å². The number of nitrogens with zero attached hydrogens (tertiary/aromatic N) is 4. The molecule has 0 amide bonds. The summed E-state index contributed by atoms with van der Waals surface area (Å²) in [6.07, 6.45) is 2.21. The van der Waals surface area contributed by atoms with E-state index in [-0.39, 0.29) is 0 Å². The molecule has 0 atom stereocenters. The molecule has 0 bridgehead atoms. The van der Waals surface area contributed by atoms with Crippen LogP contribution in [0.15, 0.2) is 12.5 Å². The van der Waals surface area contributed by atoms with Crippen molar-refractivity contribution in [3.8, 4) is 0 Å². The summed E-state index contributed by atoms with van der Waals surface area (Å²) in [5, 5.41) is 0. The zero-order chi connectivity index (χ0) is 7.84. The summed E-state index contributed by atoms with van der Waals surface area (Å²) in [4.78, 5) is 10.9. The van der Waals surface area contributed by atoms with Crippen molar-refractivity contribution >= 4 is 11.2 Å². The van der Waals surface area contributed by atoms with E-state index in [2.05, 4.69) is 15.0 Å². The van der Waals surface area contributed by atoms with Crippen molar-refractivity contribution in [3.63, 3.8) is 0 Å². The average molecular weight is 152 g/mol. The molecular formula is C6H5FN4. The third kappa shape index (κ3) is 0.849. The Morgan fingerprint density at radius 1 is 1.45 bits per heavy atom. The number of aromatic nitrogens is 4. The number of hydrogen-bond acceptors (Lipinski definition) is 3. The molecule has 0 radical (unpaired) electrons. The molecule has 5 heteroatoms. The smallest absolute Gasteiger partial charge is 0.310 e. The molecule has 2 aromatic rings. The first-order valence-corrected chi connectivity index (χ1v) is 3.07. The Balaban J connectivity index is 2.87. The lowest BCUT2D eigenvalue weighted by Gasteiger charge is -1.90. The number of halogens is 1. The van der Waals surface area contributed by atoms with E-state index in [0.29, 0.717) is 11.2 Å². The van der Waals surface area contributed by atoms with Gasteiger partial charge >= 0.3 is 6.08 Å². The summed E-state index contributed by atoms with van der Waals surface area (Å²) in [5.41, 5.74) is 1.12. The minimum Gasteiger partial charge on any atom is -0.318 e. The summed E-state index contributed by atoms with van der Waals surface area (Å²) in [5.74, 6) is 0. The Kier molecular flexibility index (Phi) is 1.12. The second kappa shape index (κ2) is 1.98. The Hall–Kier alpha value is -1.52. The van der Waals surface area contributed by atoms with Crippen molar-refractivity contribution in [3.05, 3.63) is 18.6 Å². The molecule has 0 saturated heterocycles. The van der Waals surface area contributed by atoms with E-state index in [1.165, 1.54) is 6.20 Å². The fraction of sp³-hybridized carbons (Fsp3) is 0.167. The van der Waals surface area contributed by atoms with Crippen LogP contribution in [0.3, 0.4) is 0 Å². The topological polar surface area (TPSA) is 43.6 Å². The molecule has 0 unspecified atom stereocenters. The number of rotatable bonds is 0. The van der Waals surface area contributed by atoms with Gasteiger partial charge in [-0.1, -0.05) is 0 Å². The van der Waals surface area contributed by atoms with Crippen molar-refractivity contribution < 1.29 is 4.39 Å².